The molecule has 7 heteroatoms. The van der Waals surface area contributed by atoms with E-state index in [4.69, 9.17) is 4.74 Å². The second-order valence-electron chi connectivity index (χ2n) is 4.81. The number of fused-ring (bicyclic) bond motifs is 1. The first-order valence-electron chi connectivity index (χ1n) is 6.76. The molecule has 114 valence electrons. The van der Waals surface area contributed by atoms with Gasteiger partial charge in [-0.1, -0.05) is 0 Å². The molecule has 2 aromatic carbocycles. The van der Waals surface area contributed by atoms with Crippen LogP contribution in [-0.4, -0.2) is 19.7 Å². The molecule has 5 nitrogen and oxygen atoms in total. The van der Waals surface area contributed by atoms with Gasteiger partial charge in [0.1, 0.15) is 17.3 Å². The van der Waals surface area contributed by atoms with Gasteiger partial charge < -0.3 is 9.84 Å². The van der Waals surface area contributed by atoms with Crippen LogP contribution in [0, 0.1) is 5.82 Å². The Labute approximate surface area is 134 Å². The molecule has 0 amide bonds. The molecule has 0 saturated heterocycles. The molecule has 0 radical (unpaired) electrons. The summed E-state index contributed by atoms with van der Waals surface area (Å²) in [5, 5.41) is 14.2. The first-order chi connectivity index (χ1) is 11.2. The SMILES string of the molecule is Oc1ccc(-c2cnc3sc(Oc4ccc(F)cc4)nn23)cc1. The van der Waals surface area contributed by atoms with Crippen molar-refractivity contribution in [3.63, 3.8) is 0 Å². The summed E-state index contributed by atoms with van der Waals surface area (Å²) in [7, 11) is 0. The minimum atomic E-state index is -0.319. The molecule has 0 atom stereocenters. The molecular weight excluding hydrogens is 317 g/mol. The third kappa shape index (κ3) is 2.62. The number of nitrogens with zero attached hydrogens (tertiary/aromatic N) is 3. The number of halogens is 1. The van der Waals surface area contributed by atoms with Gasteiger partial charge in [0.2, 0.25) is 4.96 Å². The van der Waals surface area contributed by atoms with Gasteiger partial charge in [-0.2, -0.15) is 4.52 Å². The quantitative estimate of drug-likeness (QED) is 0.615. The lowest BCUT2D eigenvalue weighted by molar-refractivity contribution is 0.469. The van der Waals surface area contributed by atoms with E-state index in [0.717, 1.165) is 11.3 Å². The monoisotopic (exact) mass is 327 g/mol. The maximum absolute atomic E-state index is 12.9. The van der Waals surface area contributed by atoms with Crippen LogP contribution in [-0.2, 0) is 0 Å². The lowest BCUT2D eigenvalue weighted by Gasteiger charge is -2.00. The van der Waals surface area contributed by atoms with Gasteiger partial charge in [-0.15, -0.1) is 5.10 Å². The van der Waals surface area contributed by atoms with Gasteiger partial charge in [0, 0.05) is 5.56 Å². The highest BCUT2D eigenvalue weighted by Crippen LogP contribution is 2.30. The fourth-order valence-electron chi connectivity index (χ4n) is 2.15. The zero-order valence-electron chi connectivity index (χ0n) is 11.7. The van der Waals surface area contributed by atoms with E-state index in [9.17, 15) is 9.50 Å². The van der Waals surface area contributed by atoms with Crippen LogP contribution in [0.4, 0.5) is 4.39 Å². The Bertz CT molecular complexity index is 961. The molecule has 0 fully saturated rings. The zero-order valence-corrected chi connectivity index (χ0v) is 12.5. The summed E-state index contributed by atoms with van der Waals surface area (Å²) in [6, 6.07) is 12.5. The minimum Gasteiger partial charge on any atom is -0.508 e. The summed E-state index contributed by atoms with van der Waals surface area (Å²) in [5.41, 5.74) is 1.68. The Balaban J connectivity index is 1.68. The number of aromatic nitrogens is 3. The predicted octanol–water partition coefficient (Wildman–Crippen LogP) is 4.09. The molecule has 0 unspecified atom stereocenters. The van der Waals surface area contributed by atoms with Crippen LogP contribution < -0.4 is 4.74 Å². The number of phenols is 1. The number of imidazole rings is 1. The standard InChI is InChI=1S/C16H10FN3O2S/c17-11-3-7-13(8-4-11)22-16-19-20-14(9-18-15(20)23-16)10-1-5-12(21)6-2-10/h1-9,21H. The van der Waals surface area contributed by atoms with Crippen molar-refractivity contribution in [2.45, 2.75) is 0 Å². The smallest absolute Gasteiger partial charge is 0.299 e. The van der Waals surface area contributed by atoms with Crippen molar-refractivity contribution in [2.75, 3.05) is 0 Å². The summed E-state index contributed by atoms with van der Waals surface area (Å²) in [6.07, 6.45) is 1.72. The highest BCUT2D eigenvalue weighted by Gasteiger charge is 2.13. The Morgan fingerprint density at radius 3 is 2.52 bits per heavy atom. The predicted molar refractivity (Wildman–Crippen MR) is 84.4 cm³/mol. The summed E-state index contributed by atoms with van der Waals surface area (Å²) < 4.78 is 20.2. The minimum absolute atomic E-state index is 0.202. The topological polar surface area (TPSA) is 59.7 Å². The van der Waals surface area contributed by atoms with Crippen molar-refractivity contribution in [3.8, 4) is 28.0 Å². The first kappa shape index (κ1) is 13.7. The Morgan fingerprint density at radius 1 is 1.04 bits per heavy atom. The second kappa shape index (κ2) is 5.36. The van der Waals surface area contributed by atoms with Gasteiger partial charge >= 0.3 is 0 Å². The number of aromatic hydroxyl groups is 1. The number of benzene rings is 2. The van der Waals surface area contributed by atoms with E-state index in [0.29, 0.717) is 15.9 Å². The van der Waals surface area contributed by atoms with Crippen molar-refractivity contribution >= 4 is 16.3 Å². The van der Waals surface area contributed by atoms with E-state index in [1.165, 1.54) is 23.5 Å². The van der Waals surface area contributed by atoms with Crippen molar-refractivity contribution in [1.29, 1.82) is 0 Å². The summed E-state index contributed by atoms with van der Waals surface area (Å²) >= 11 is 1.29. The fourth-order valence-corrected chi connectivity index (χ4v) is 2.90. The molecule has 4 aromatic rings. The summed E-state index contributed by atoms with van der Waals surface area (Å²) in [4.78, 5) is 5.00. The molecule has 0 aliphatic heterocycles. The number of rotatable bonds is 3. The van der Waals surface area contributed by atoms with Gasteiger partial charge in [-0.05, 0) is 59.9 Å². The van der Waals surface area contributed by atoms with E-state index in [-0.39, 0.29) is 11.6 Å². The first-order valence-corrected chi connectivity index (χ1v) is 7.58. The van der Waals surface area contributed by atoms with Crippen molar-refractivity contribution in [1.82, 2.24) is 14.6 Å². The van der Waals surface area contributed by atoms with Crippen molar-refractivity contribution in [3.05, 3.63) is 60.5 Å². The second-order valence-corrected chi connectivity index (χ2v) is 5.73. The average molecular weight is 327 g/mol. The van der Waals surface area contributed by atoms with Crippen LogP contribution >= 0.6 is 11.3 Å². The van der Waals surface area contributed by atoms with Crippen molar-refractivity contribution < 1.29 is 14.2 Å². The van der Waals surface area contributed by atoms with E-state index in [1.807, 2.05) is 0 Å². The van der Waals surface area contributed by atoms with E-state index in [2.05, 4.69) is 10.1 Å². The molecule has 23 heavy (non-hydrogen) atoms. The van der Waals surface area contributed by atoms with Crippen LogP contribution in [0.2, 0.25) is 0 Å². The highest BCUT2D eigenvalue weighted by atomic mass is 32.1. The van der Waals surface area contributed by atoms with Gasteiger partial charge in [0.05, 0.1) is 11.9 Å². The number of hydrogen-bond donors (Lipinski definition) is 1. The summed E-state index contributed by atoms with van der Waals surface area (Å²) in [6.45, 7) is 0. The molecule has 2 aromatic heterocycles. The van der Waals surface area contributed by atoms with Gasteiger partial charge in [0.25, 0.3) is 5.19 Å². The zero-order chi connectivity index (χ0) is 15.8. The molecule has 0 aliphatic carbocycles. The van der Waals surface area contributed by atoms with Gasteiger partial charge in [-0.3, -0.25) is 0 Å². The fraction of sp³-hybridized carbons (Fsp3) is 0. The van der Waals surface area contributed by atoms with Crippen LogP contribution in [0.25, 0.3) is 16.2 Å². The number of hydrogen-bond acceptors (Lipinski definition) is 5. The molecule has 0 aliphatic rings. The Kier molecular flexibility index (Phi) is 3.20. The number of ether oxygens (including phenoxy) is 1. The highest BCUT2D eigenvalue weighted by molar-refractivity contribution is 7.18. The lowest BCUT2D eigenvalue weighted by atomic mass is 10.2. The largest absolute Gasteiger partial charge is 0.508 e. The van der Waals surface area contributed by atoms with Crippen LogP contribution in [0.15, 0.2) is 54.7 Å². The molecule has 2 heterocycles. The normalized spacial score (nSPS) is 11.0. The van der Waals surface area contributed by atoms with Crippen LogP contribution in [0.3, 0.4) is 0 Å². The molecule has 0 bridgehead atoms. The van der Waals surface area contributed by atoms with E-state index >= 15 is 0 Å². The Hall–Kier alpha value is -2.93. The third-order valence-corrected chi connectivity index (χ3v) is 4.05. The summed E-state index contributed by atoms with van der Waals surface area (Å²) in [5.74, 6) is 0.392. The molecule has 1 N–H and O–H groups in total. The third-order valence-electron chi connectivity index (χ3n) is 3.25. The average Bonchev–Trinajstić information content (AvgIpc) is 3.11. The van der Waals surface area contributed by atoms with Crippen molar-refractivity contribution in [2.24, 2.45) is 0 Å². The van der Waals surface area contributed by atoms with Gasteiger partial charge in [0.15, 0.2) is 0 Å². The molecule has 0 saturated carbocycles. The van der Waals surface area contributed by atoms with Gasteiger partial charge in [-0.25, -0.2) is 9.37 Å². The van der Waals surface area contributed by atoms with E-state index in [1.54, 1.807) is 47.1 Å². The lowest BCUT2D eigenvalue weighted by Crippen LogP contribution is -1.90. The molecular formula is C16H10FN3O2S. The van der Waals surface area contributed by atoms with Crippen LogP contribution in [0.1, 0.15) is 0 Å². The Morgan fingerprint density at radius 2 is 1.78 bits per heavy atom. The van der Waals surface area contributed by atoms with E-state index < -0.39 is 0 Å². The molecule has 4 rings (SSSR count). The maximum atomic E-state index is 12.9. The molecule has 0 spiro atoms. The number of phenolic OH excluding ortho intramolecular Hbond substituents is 1. The maximum Gasteiger partial charge on any atom is 0.299 e. The van der Waals surface area contributed by atoms with Crippen LogP contribution in [0.5, 0.6) is 16.7 Å².